The predicted octanol–water partition coefficient (Wildman–Crippen LogP) is 2.10. The lowest BCUT2D eigenvalue weighted by molar-refractivity contribution is 0.0125. The molecule has 0 bridgehead atoms. The van der Waals surface area contributed by atoms with Crippen molar-refractivity contribution in [1.82, 2.24) is 0 Å². The van der Waals surface area contributed by atoms with Gasteiger partial charge in [0.05, 0.1) is 18.3 Å². The van der Waals surface area contributed by atoms with E-state index in [0.29, 0.717) is 12.2 Å². The highest BCUT2D eigenvalue weighted by atomic mass is 16.5. The Hall–Kier alpha value is -0.0800. The Morgan fingerprint density at radius 3 is 2.54 bits per heavy atom. The van der Waals surface area contributed by atoms with Gasteiger partial charge in [-0.15, -0.1) is 0 Å². The smallest absolute Gasteiger partial charge is 0.0586 e. The summed E-state index contributed by atoms with van der Waals surface area (Å²) in [5.41, 5.74) is 0.231. The minimum Gasteiger partial charge on any atom is -0.393 e. The fourth-order valence-corrected chi connectivity index (χ4v) is 2.44. The number of aliphatic hydroxyl groups is 1. The molecular formula is C11H20O2. The minimum atomic E-state index is -0.146. The molecule has 3 atom stereocenters. The van der Waals surface area contributed by atoms with Crippen LogP contribution in [-0.2, 0) is 4.74 Å². The van der Waals surface area contributed by atoms with Crippen LogP contribution in [0, 0.1) is 5.41 Å². The molecule has 2 fully saturated rings. The second-order valence-corrected chi connectivity index (χ2v) is 4.89. The van der Waals surface area contributed by atoms with Crippen molar-refractivity contribution in [3.05, 3.63) is 0 Å². The molecule has 1 N–H and O–H groups in total. The first-order chi connectivity index (χ1) is 6.12. The molecule has 3 unspecified atom stereocenters. The molecule has 1 saturated heterocycles. The van der Waals surface area contributed by atoms with Gasteiger partial charge in [-0.3, -0.25) is 0 Å². The number of ether oxygens (including phenoxy) is 1. The molecule has 0 radical (unpaired) electrons. The summed E-state index contributed by atoms with van der Waals surface area (Å²) in [4.78, 5) is 0. The van der Waals surface area contributed by atoms with E-state index in [4.69, 9.17) is 4.74 Å². The summed E-state index contributed by atoms with van der Waals surface area (Å²) in [6, 6.07) is 0. The van der Waals surface area contributed by atoms with E-state index < -0.39 is 0 Å². The topological polar surface area (TPSA) is 29.5 Å². The van der Waals surface area contributed by atoms with Gasteiger partial charge in [0.1, 0.15) is 0 Å². The molecule has 1 saturated carbocycles. The third-order valence-electron chi connectivity index (χ3n) is 3.73. The van der Waals surface area contributed by atoms with Crippen molar-refractivity contribution in [1.29, 1.82) is 0 Å². The summed E-state index contributed by atoms with van der Waals surface area (Å²) in [5.74, 6) is 0. The maximum absolute atomic E-state index is 9.61. The fourth-order valence-electron chi connectivity index (χ4n) is 2.44. The van der Waals surface area contributed by atoms with Crippen LogP contribution < -0.4 is 0 Å². The Bertz CT molecular complexity index is 185. The Labute approximate surface area is 80.3 Å². The third-order valence-corrected chi connectivity index (χ3v) is 3.73. The molecule has 13 heavy (non-hydrogen) atoms. The second-order valence-electron chi connectivity index (χ2n) is 4.89. The largest absolute Gasteiger partial charge is 0.393 e. The van der Waals surface area contributed by atoms with Crippen molar-refractivity contribution >= 4 is 0 Å². The fraction of sp³-hybridized carbons (Fsp3) is 1.00. The molecule has 1 aliphatic carbocycles. The normalized spacial score (nSPS) is 39.0. The molecule has 2 nitrogen and oxygen atoms in total. The van der Waals surface area contributed by atoms with Crippen LogP contribution in [0.2, 0.25) is 0 Å². The van der Waals surface area contributed by atoms with Gasteiger partial charge in [0.2, 0.25) is 0 Å². The first-order valence-corrected chi connectivity index (χ1v) is 5.46. The van der Waals surface area contributed by atoms with E-state index in [9.17, 15) is 5.11 Å². The second kappa shape index (κ2) is 3.25. The Morgan fingerprint density at radius 2 is 2.15 bits per heavy atom. The van der Waals surface area contributed by atoms with E-state index in [0.717, 1.165) is 6.42 Å². The molecule has 76 valence electrons. The first-order valence-electron chi connectivity index (χ1n) is 5.46. The minimum absolute atomic E-state index is 0.146. The van der Waals surface area contributed by atoms with Crippen molar-refractivity contribution < 1.29 is 9.84 Å². The van der Waals surface area contributed by atoms with Crippen molar-refractivity contribution in [2.45, 2.75) is 64.3 Å². The molecule has 2 aliphatic rings. The van der Waals surface area contributed by atoms with E-state index in [1.807, 2.05) is 6.92 Å². The Morgan fingerprint density at radius 1 is 1.46 bits per heavy atom. The molecule has 2 heteroatoms. The van der Waals surface area contributed by atoms with Crippen LogP contribution in [0.1, 0.15) is 46.0 Å². The van der Waals surface area contributed by atoms with Crippen LogP contribution in [0.5, 0.6) is 0 Å². The lowest BCUT2D eigenvalue weighted by Gasteiger charge is -2.22. The van der Waals surface area contributed by atoms with E-state index in [2.05, 4.69) is 6.92 Å². The molecule has 1 aliphatic heterocycles. The molecule has 0 aromatic rings. The molecule has 0 spiro atoms. The van der Waals surface area contributed by atoms with Gasteiger partial charge in [0, 0.05) is 0 Å². The average Bonchev–Trinajstić information content (AvgIpc) is 2.72. The zero-order chi connectivity index (χ0) is 9.47. The first kappa shape index (κ1) is 9.47. The summed E-state index contributed by atoms with van der Waals surface area (Å²) in [5, 5.41) is 9.61. The third kappa shape index (κ3) is 1.89. The van der Waals surface area contributed by atoms with Crippen LogP contribution in [-0.4, -0.2) is 23.4 Å². The van der Waals surface area contributed by atoms with Gasteiger partial charge in [-0.25, -0.2) is 0 Å². The maximum Gasteiger partial charge on any atom is 0.0586 e. The molecular weight excluding hydrogens is 164 g/mol. The zero-order valence-electron chi connectivity index (χ0n) is 8.62. The average molecular weight is 184 g/mol. The number of aliphatic hydroxyl groups excluding tert-OH is 1. The highest BCUT2D eigenvalue weighted by Crippen LogP contribution is 2.53. The predicted molar refractivity (Wildman–Crippen MR) is 51.5 cm³/mol. The summed E-state index contributed by atoms with van der Waals surface area (Å²) in [6.07, 6.45) is 6.57. The molecule has 0 amide bonds. The van der Waals surface area contributed by atoms with Crippen LogP contribution in [0.15, 0.2) is 0 Å². The molecule has 1 heterocycles. The van der Waals surface area contributed by atoms with Gasteiger partial charge in [0.25, 0.3) is 0 Å². The maximum atomic E-state index is 9.61. The Balaban J connectivity index is 1.84. The van der Waals surface area contributed by atoms with Gasteiger partial charge >= 0.3 is 0 Å². The van der Waals surface area contributed by atoms with E-state index in [1.54, 1.807) is 0 Å². The van der Waals surface area contributed by atoms with Crippen molar-refractivity contribution in [2.75, 3.05) is 0 Å². The van der Waals surface area contributed by atoms with E-state index in [1.165, 1.54) is 25.7 Å². The summed E-state index contributed by atoms with van der Waals surface area (Å²) in [6.45, 7) is 4.06. The molecule has 2 rings (SSSR count). The summed E-state index contributed by atoms with van der Waals surface area (Å²) < 4.78 is 5.78. The monoisotopic (exact) mass is 184 g/mol. The standard InChI is InChI=1S/C11H20O2/c1-8-3-4-10(13-8)7-11(5-6-11)9(2)12/h8-10,12H,3-7H2,1-2H3. The zero-order valence-corrected chi connectivity index (χ0v) is 8.62. The van der Waals surface area contributed by atoms with Gasteiger partial charge in [0.15, 0.2) is 0 Å². The number of hydrogen-bond acceptors (Lipinski definition) is 2. The number of hydrogen-bond donors (Lipinski definition) is 1. The van der Waals surface area contributed by atoms with Crippen molar-refractivity contribution in [2.24, 2.45) is 5.41 Å². The van der Waals surface area contributed by atoms with E-state index >= 15 is 0 Å². The highest BCUT2D eigenvalue weighted by molar-refractivity contribution is 4.99. The van der Waals surface area contributed by atoms with Crippen molar-refractivity contribution in [3.63, 3.8) is 0 Å². The van der Waals surface area contributed by atoms with Gasteiger partial charge < -0.3 is 9.84 Å². The lowest BCUT2D eigenvalue weighted by atomic mass is 9.92. The summed E-state index contributed by atoms with van der Waals surface area (Å²) >= 11 is 0. The van der Waals surface area contributed by atoms with Crippen LogP contribution in [0.4, 0.5) is 0 Å². The van der Waals surface area contributed by atoms with Gasteiger partial charge in [-0.2, -0.15) is 0 Å². The van der Waals surface area contributed by atoms with Crippen molar-refractivity contribution in [3.8, 4) is 0 Å². The molecule has 0 aromatic heterocycles. The van der Waals surface area contributed by atoms with Crippen LogP contribution in [0.25, 0.3) is 0 Å². The van der Waals surface area contributed by atoms with Gasteiger partial charge in [-0.1, -0.05) is 0 Å². The van der Waals surface area contributed by atoms with E-state index in [-0.39, 0.29) is 11.5 Å². The molecule has 0 aromatic carbocycles. The number of rotatable bonds is 3. The summed E-state index contributed by atoms with van der Waals surface area (Å²) in [7, 11) is 0. The SMILES string of the molecule is CC1CCC(CC2(C(C)O)CC2)O1. The Kier molecular flexibility index (Phi) is 2.37. The highest BCUT2D eigenvalue weighted by Gasteiger charge is 2.48. The van der Waals surface area contributed by atoms with Crippen LogP contribution >= 0.6 is 0 Å². The lowest BCUT2D eigenvalue weighted by Crippen LogP contribution is -2.24. The quantitative estimate of drug-likeness (QED) is 0.728. The van der Waals surface area contributed by atoms with Gasteiger partial charge in [-0.05, 0) is 51.4 Å². The van der Waals surface area contributed by atoms with Crippen LogP contribution in [0.3, 0.4) is 0 Å².